The van der Waals surface area contributed by atoms with Crippen LogP contribution in [0, 0.1) is 0 Å². The van der Waals surface area contributed by atoms with Gasteiger partial charge in [-0.3, -0.25) is 10.1 Å². The summed E-state index contributed by atoms with van der Waals surface area (Å²) in [4.78, 5) is 26.4. The highest BCUT2D eigenvalue weighted by Crippen LogP contribution is 2.26. The molecule has 0 unspecified atom stereocenters. The first-order chi connectivity index (χ1) is 9.95. The Morgan fingerprint density at radius 3 is 2.62 bits per heavy atom. The molecule has 0 radical (unpaired) electrons. The lowest BCUT2D eigenvalue weighted by Gasteiger charge is -2.02. The average molecular weight is 322 g/mol. The SMILES string of the molecule is C/C(=C/C(=O)[O-])C(=O)Nc1nc(-c2ccc(Cl)cc2)cs1. The number of carboxylic acids is 1. The number of nitrogens with one attached hydrogen (secondary N) is 1. The Hall–Kier alpha value is -2.18. The van der Waals surface area contributed by atoms with Crippen LogP contribution in [0.1, 0.15) is 6.92 Å². The van der Waals surface area contributed by atoms with Crippen molar-refractivity contribution in [2.24, 2.45) is 0 Å². The fourth-order valence-electron chi connectivity index (χ4n) is 1.52. The highest BCUT2D eigenvalue weighted by Gasteiger charge is 2.09. The van der Waals surface area contributed by atoms with E-state index in [9.17, 15) is 14.7 Å². The van der Waals surface area contributed by atoms with Gasteiger partial charge in [0.25, 0.3) is 5.91 Å². The van der Waals surface area contributed by atoms with Crippen LogP contribution in [0.5, 0.6) is 0 Å². The standard InChI is InChI=1S/C14H11ClN2O3S/c1-8(6-12(18)19)13(20)17-14-16-11(7-21-14)9-2-4-10(15)5-3-9/h2-7H,1H3,(H,18,19)(H,16,17,20)/p-1/b8-6-. The van der Waals surface area contributed by atoms with Crippen molar-refractivity contribution < 1.29 is 14.7 Å². The van der Waals surface area contributed by atoms with Crippen LogP contribution in [0.2, 0.25) is 5.02 Å². The summed E-state index contributed by atoms with van der Waals surface area (Å²) in [6.07, 6.45) is 0.739. The number of hydrogen-bond donors (Lipinski definition) is 1. The maximum Gasteiger partial charge on any atom is 0.253 e. The van der Waals surface area contributed by atoms with Gasteiger partial charge in [0.1, 0.15) is 0 Å². The van der Waals surface area contributed by atoms with Gasteiger partial charge in [-0.15, -0.1) is 11.3 Å². The molecule has 0 spiro atoms. The number of aromatic nitrogens is 1. The molecular formula is C14H10ClN2O3S-. The predicted octanol–water partition coefficient (Wildman–Crippen LogP) is 2.10. The van der Waals surface area contributed by atoms with Gasteiger partial charge in [0.05, 0.1) is 11.7 Å². The number of hydrogen-bond acceptors (Lipinski definition) is 5. The molecule has 1 amide bonds. The van der Waals surface area contributed by atoms with Gasteiger partial charge in [0.2, 0.25) is 0 Å². The molecule has 1 aromatic carbocycles. The fourth-order valence-corrected chi connectivity index (χ4v) is 2.36. The highest BCUT2D eigenvalue weighted by molar-refractivity contribution is 7.14. The molecule has 5 nitrogen and oxygen atoms in total. The van der Waals surface area contributed by atoms with E-state index in [2.05, 4.69) is 10.3 Å². The summed E-state index contributed by atoms with van der Waals surface area (Å²) in [6.45, 7) is 1.39. The first kappa shape index (κ1) is 15.2. The third-order valence-electron chi connectivity index (χ3n) is 2.56. The number of aliphatic carboxylic acids is 1. The molecule has 0 saturated heterocycles. The van der Waals surface area contributed by atoms with Crippen LogP contribution in [-0.4, -0.2) is 16.9 Å². The van der Waals surface area contributed by atoms with Crippen molar-refractivity contribution in [2.45, 2.75) is 6.92 Å². The monoisotopic (exact) mass is 321 g/mol. The number of nitrogens with zero attached hydrogens (tertiary/aromatic N) is 1. The number of rotatable bonds is 4. The van der Waals surface area contributed by atoms with E-state index >= 15 is 0 Å². The van der Waals surface area contributed by atoms with E-state index in [4.69, 9.17) is 11.6 Å². The lowest BCUT2D eigenvalue weighted by atomic mass is 10.2. The summed E-state index contributed by atoms with van der Waals surface area (Å²) < 4.78 is 0. The Bertz CT molecular complexity index is 707. The number of benzene rings is 1. The second-order valence-electron chi connectivity index (χ2n) is 4.15. The van der Waals surface area contributed by atoms with Gasteiger partial charge < -0.3 is 9.90 Å². The van der Waals surface area contributed by atoms with Gasteiger partial charge in [-0.05, 0) is 25.1 Å². The number of carbonyl (C=O) groups is 2. The van der Waals surface area contributed by atoms with Crippen molar-refractivity contribution in [3.8, 4) is 11.3 Å². The number of thiazole rings is 1. The number of carbonyl (C=O) groups excluding carboxylic acids is 2. The minimum Gasteiger partial charge on any atom is -0.545 e. The molecule has 1 N–H and O–H groups in total. The predicted molar refractivity (Wildman–Crippen MR) is 80.0 cm³/mol. The molecule has 1 heterocycles. The van der Waals surface area contributed by atoms with E-state index in [0.717, 1.165) is 11.6 Å². The Kier molecular flexibility index (Phi) is 4.72. The molecule has 0 fully saturated rings. The molecule has 21 heavy (non-hydrogen) atoms. The number of anilines is 1. The molecule has 0 saturated carbocycles. The van der Waals surface area contributed by atoms with Crippen LogP contribution in [-0.2, 0) is 9.59 Å². The maximum absolute atomic E-state index is 11.7. The van der Waals surface area contributed by atoms with Gasteiger partial charge in [-0.1, -0.05) is 23.7 Å². The van der Waals surface area contributed by atoms with Gasteiger partial charge >= 0.3 is 0 Å². The van der Waals surface area contributed by atoms with Crippen molar-refractivity contribution >= 4 is 39.9 Å². The van der Waals surface area contributed by atoms with Crippen LogP contribution in [0.3, 0.4) is 0 Å². The summed E-state index contributed by atoms with van der Waals surface area (Å²) in [5, 5.41) is 15.7. The summed E-state index contributed by atoms with van der Waals surface area (Å²) >= 11 is 7.06. The molecule has 7 heteroatoms. The van der Waals surface area contributed by atoms with E-state index in [1.54, 1.807) is 17.5 Å². The minimum absolute atomic E-state index is 0.0400. The van der Waals surface area contributed by atoms with Crippen LogP contribution >= 0.6 is 22.9 Å². The summed E-state index contributed by atoms with van der Waals surface area (Å²) in [5.41, 5.74) is 1.62. The Morgan fingerprint density at radius 2 is 2.00 bits per heavy atom. The van der Waals surface area contributed by atoms with Crippen LogP contribution in [0.4, 0.5) is 5.13 Å². The second-order valence-corrected chi connectivity index (χ2v) is 5.44. The quantitative estimate of drug-likeness (QED) is 0.874. The minimum atomic E-state index is -1.41. The summed E-state index contributed by atoms with van der Waals surface area (Å²) in [6, 6.07) is 7.15. The molecular weight excluding hydrogens is 312 g/mol. The zero-order valence-electron chi connectivity index (χ0n) is 10.9. The molecule has 0 bridgehead atoms. The number of carboxylic acid groups (broad SMARTS) is 1. The first-order valence-electron chi connectivity index (χ1n) is 5.88. The molecule has 0 aliphatic heterocycles. The molecule has 2 rings (SSSR count). The van der Waals surface area contributed by atoms with Gasteiger partial charge in [0, 0.05) is 21.5 Å². The fraction of sp³-hybridized carbons (Fsp3) is 0.0714. The first-order valence-corrected chi connectivity index (χ1v) is 7.13. The number of amides is 1. The molecule has 0 atom stereocenters. The van der Waals surface area contributed by atoms with E-state index in [0.29, 0.717) is 15.8 Å². The zero-order valence-corrected chi connectivity index (χ0v) is 12.5. The summed E-state index contributed by atoms with van der Waals surface area (Å²) in [5.74, 6) is -1.94. The van der Waals surface area contributed by atoms with Gasteiger partial charge in [-0.25, -0.2) is 4.98 Å². The van der Waals surface area contributed by atoms with E-state index in [1.165, 1.54) is 18.3 Å². The van der Waals surface area contributed by atoms with Crippen molar-refractivity contribution in [2.75, 3.05) is 5.32 Å². The number of halogens is 1. The van der Waals surface area contributed by atoms with Gasteiger partial charge in [-0.2, -0.15) is 0 Å². The second kappa shape index (κ2) is 6.51. The highest BCUT2D eigenvalue weighted by atomic mass is 35.5. The maximum atomic E-state index is 11.7. The Morgan fingerprint density at radius 1 is 1.33 bits per heavy atom. The average Bonchev–Trinajstić information content (AvgIpc) is 2.87. The lowest BCUT2D eigenvalue weighted by molar-refractivity contribution is -0.297. The van der Waals surface area contributed by atoms with Crippen molar-refractivity contribution in [1.82, 2.24) is 4.98 Å². The Labute approximate surface area is 129 Å². The van der Waals surface area contributed by atoms with Crippen molar-refractivity contribution in [1.29, 1.82) is 0 Å². The largest absolute Gasteiger partial charge is 0.545 e. The molecule has 1 aromatic heterocycles. The van der Waals surface area contributed by atoms with Crippen LogP contribution in [0.15, 0.2) is 41.3 Å². The van der Waals surface area contributed by atoms with E-state index < -0.39 is 11.9 Å². The van der Waals surface area contributed by atoms with E-state index in [-0.39, 0.29) is 5.57 Å². The normalized spacial score (nSPS) is 11.2. The molecule has 0 aliphatic carbocycles. The van der Waals surface area contributed by atoms with Crippen molar-refractivity contribution in [3.05, 3.63) is 46.3 Å². The van der Waals surface area contributed by atoms with E-state index in [1.807, 2.05) is 12.1 Å². The third-order valence-corrected chi connectivity index (χ3v) is 3.57. The lowest BCUT2D eigenvalue weighted by Crippen LogP contribution is -2.22. The Balaban J connectivity index is 2.12. The molecule has 108 valence electrons. The smallest absolute Gasteiger partial charge is 0.253 e. The molecule has 2 aromatic rings. The molecule has 0 aliphatic rings. The summed E-state index contributed by atoms with van der Waals surface area (Å²) in [7, 11) is 0. The van der Waals surface area contributed by atoms with Crippen molar-refractivity contribution in [3.63, 3.8) is 0 Å². The zero-order chi connectivity index (χ0) is 15.4. The topological polar surface area (TPSA) is 82.1 Å². The third kappa shape index (κ3) is 4.14. The van der Waals surface area contributed by atoms with Gasteiger partial charge in [0.15, 0.2) is 5.13 Å². The van der Waals surface area contributed by atoms with Crippen LogP contribution < -0.4 is 10.4 Å². The van der Waals surface area contributed by atoms with Crippen LogP contribution in [0.25, 0.3) is 11.3 Å².